The first kappa shape index (κ1) is 18.0. The summed E-state index contributed by atoms with van der Waals surface area (Å²) in [4.78, 5) is 26.7. The van der Waals surface area contributed by atoms with Gasteiger partial charge in [0.2, 0.25) is 11.8 Å². The summed E-state index contributed by atoms with van der Waals surface area (Å²) in [6.45, 7) is -1.43. The maximum Gasteiger partial charge on any atom is 0.422 e. The molecule has 0 saturated heterocycles. The van der Waals surface area contributed by atoms with Crippen LogP contribution in [0.5, 0.6) is 5.88 Å². The van der Waals surface area contributed by atoms with Gasteiger partial charge in [0.05, 0.1) is 17.8 Å². The van der Waals surface area contributed by atoms with Gasteiger partial charge in [0, 0.05) is 12.0 Å². The number of pyridine rings is 1. The fourth-order valence-corrected chi connectivity index (χ4v) is 2.54. The van der Waals surface area contributed by atoms with Crippen LogP contribution in [0.4, 0.5) is 18.9 Å². The zero-order chi connectivity index (χ0) is 17.7. The van der Waals surface area contributed by atoms with Crippen LogP contribution in [0.1, 0.15) is 25.7 Å². The number of alkyl halides is 3. The van der Waals surface area contributed by atoms with Crippen molar-refractivity contribution < 1.29 is 32.6 Å². The smallest absolute Gasteiger partial charge is 0.422 e. The molecule has 1 saturated carbocycles. The third-order valence-electron chi connectivity index (χ3n) is 3.83. The second kappa shape index (κ2) is 7.50. The minimum Gasteiger partial charge on any atom is -0.481 e. The molecule has 2 rings (SSSR count). The highest BCUT2D eigenvalue weighted by atomic mass is 19.4. The van der Waals surface area contributed by atoms with E-state index in [9.17, 15) is 22.8 Å². The molecule has 1 aromatic heterocycles. The van der Waals surface area contributed by atoms with E-state index in [4.69, 9.17) is 5.11 Å². The molecule has 0 radical (unpaired) electrons. The van der Waals surface area contributed by atoms with Crippen molar-refractivity contribution in [3.05, 3.63) is 18.3 Å². The Labute approximate surface area is 136 Å². The number of ether oxygens (including phenoxy) is 1. The summed E-state index contributed by atoms with van der Waals surface area (Å²) in [5.74, 6) is -1.95. The first-order valence-corrected chi connectivity index (χ1v) is 7.44. The van der Waals surface area contributed by atoms with Gasteiger partial charge in [-0.3, -0.25) is 9.59 Å². The number of carboxylic acids is 1. The Balaban J connectivity index is 1.83. The van der Waals surface area contributed by atoms with Gasteiger partial charge in [-0.25, -0.2) is 4.98 Å². The molecule has 1 amide bonds. The Morgan fingerprint density at radius 2 is 1.83 bits per heavy atom. The van der Waals surface area contributed by atoms with Crippen molar-refractivity contribution in [2.24, 2.45) is 11.8 Å². The number of hydrogen-bond donors (Lipinski definition) is 2. The van der Waals surface area contributed by atoms with Crippen molar-refractivity contribution in [2.75, 3.05) is 11.9 Å². The van der Waals surface area contributed by atoms with E-state index in [-0.39, 0.29) is 17.7 Å². The zero-order valence-electron chi connectivity index (χ0n) is 12.7. The summed E-state index contributed by atoms with van der Waals surface area (Å²) in [5, 5.41) is 11.6. The average molecular weight is 346 g/mol. The molecule has 1 fully saturated rings. The lowest BCUT2D eigenvalue weighted by molar-refractivity contribution is -0.154. The molecule has 0 aromatic carbocycles. The summed E-state index contributed by atoms with van der Waals surface area (Å²) in [7, 11) is 0. The Hall–Kier alpha value is -2.32. The number of nitrogens with zero attached hydrogens (tertiary/aromatic N) is 1. The lowest BCUT2D eigenvalue weighted by Crippen LogP contribution is -2.29. The van der Waals surface area contributed by atoms with Crippen molar-refractivity contribution in [3.8, 4) is 5.88 Å². The molecule has 9 heteroatoms. The molecule has 1 aliphatic rings. The Morgan fingerprint density at radius 1 is 1.21 bits per heavy atom. The number of nitrogens with one attached hydrogen (secondary N) is 1. The van der Waals surface area contributed by atoms with E-state index >= 15 is 0 Å². The largest absolute Gasteiger partial charge is 0.481 e. The zero-order valence-corrected chi connectivity index (χ0v) is 12.7. The SMILES string of the molecule is O=C(O)C1CCC(C(=O)Nc2ccc(OCC(F)(F)F)nc2)CC1. The molecule has 132 valence electrons. The molecule has 0 unspecified atom stereocenters. The average Bonchev–Trinajstić information content (AvgIpc) is 2.53. The summed E-state index contributed by atoms with van der Waals surface area (Å²) in [6.07, 6.45) is -1.34. The molecule has 6 nitrogen and oxygen atoms in total. The molecule has 1 heterocycles. The normalized spacial score (nSPS) is 21.1. The molecule has 2 N–H and O–H groups in total. The predicted octanol–water partition coefficient (Wildman–Crippen LogP) is 2.85. The maximum atomic E-state index is 12.1. The monoisotopic (exact) mass is 346 g/mol. The number of amides is 1. The van der Waals surface area contributed by atoms with Gasteiger partial charge in [0.15, 0.2) is 6.61 Å². The van der Waals surface area contributed by atoms with Crippen molar-refractivity contribution >= 4 is 17.6 Å². The van der Waals surface area contributed by atoms with E-state index in [0.717, 1.165) is 0 Å². The number of halogens is 3. The summed E-state index contributed by atoms with van der Waals surface area (Å²) in [5.41, 5.74) is 0.347. The quantitative estimate of drug-likeness (QED) is 0.856. The van der Waals surface area contributed by atoms with Gasteiger partial charge in [-0.15, -0.1) is 0 Å². The predicted molar refractivity (Wildman–Crippen MR) is 77.5 cm³/mol. The van der Waals surface area contributed by atoms with E-state index in [1.54, 1.807) is 0 Å². The van der Waals surface area contributed by atoms with Crippen LogP contribution >= 0.6 is 0 Å². The van der Waals surface area contributed by atoms with Gasteiger partial charge in [0.1, 0.15) is 0 Å². The van der Waals surface area contributed by atoms with Crippen LogP contribution in [0.15, 0.2) is 18.3 Å². The second-order valence-corrected chi connectivity index (χ2v) is 5.67. The van der Waals surface area contributed by atoms with Gasteiger partial charge >= 0.3 is 12.1 Å². The number of carbonyl (C=O) groups excluding carboxylic acids is 1. The van der Waals surface area contributed by atoms with Crippen LogP contribution in [0, 0.1) is 11.8 Å². The number of rotatable bonds is 5. The molecular formula is C15H17F3N2O4. The fraction of sp³-hybridized carbons (Fsp3) is 0.533. The number of carboxylic acid groups (broad SMARTS) is 1. The van der Waals surface area contributed by atoms with Crippen molar-refractivity contribution in [1.29, 1.82) is 0 Å². The van der Waals surface area contributed by atoms with Crippen LogP contribution in [-0.2, 0) is 9.59 Å². The van der Waals surface area contributed by atoms with E-state index < -0.39 is 24.7 Å². The third kappa shape index (κ3) is 5.39. The molecule has 1 aromatic rings. The van der Waals surface area contributed by atoms with Gasteiger partial charge in [-0.1, -0.05) is 0 Å². The van der Waals surface area contributed by atoms with E-state index in [1.807, 2.05) is 0 Å². The van der Waals surface area contributed by atoms with Gasteiger partial charge in [0.25, 0.3) is 0 Å². The first-order chi connectivity index (χ1) is 11.2. The van der Waals surface area contributed by atoms with Crippen LogP contribution < -0.4 is 10.1 Å². The first-order valence-electron chi connectivity index (χ1n) is 7.44. The minimum absolute atomic E-state index is 0.188. The Morgan fingerprint density at radius 3 is 2.33 bits per heavy atom. The molecule has 0 spiro atoms. The number of hydrogen-bond acceptors (Lipinski definition) is 4. The van der Waals surface area contributed by atoms with Crippen LogP contribution in [0.3, 0.4) is 0 Å². The number of aliphatic carboxylic acids is 1. The van der Waals surface area contributed by atoms with Crippen molar-refractivity contribution in [3.63, 3.8) is 0 Å². The van der Waals surface area contributed by atoms with E-state index in [0.29, 0.717) is 31.4 Å². The Bertz CT molecular complexity index is 581. The summed E-state index contributed by atoms with van der Waals surface area (Å²) < 4.78 is 40.6. The highest BCUT2D eigenvalue weighted by molar-refractivity contribution is 5.92. The molecule has 0 aliphatic heterocycles. The highest BCUT2D eigenvalue weighted by Crippen LogP contribution is 2.30. The summed E-state index contributed by atoms with van der Waals surface area (Å²) >= 11 is 0. The Kier molecular flexibility index (Phi) is 5.63. The van der Waals surface area contributed by atoms with Crippen molar-refractivity contribution in [2.45, 2.75) is 31.9 Å². The van der Waals surface area contributed by atoms with Crippen LogP contribution in [0.25, 0.3) is 0 Å². The van der Waals surface area contributed by atoms with Gasteiger partial charge < -0.3 is 15.2 Å². The van der Waals surface area contributed by atoms with Gasteiger partial charge in [-0.2, -0.15) is 13.2 Å². The van der Waals surface area contributed by atoms with Gasteiger partial charge in [-0.05, 0) is 31.7 Å². The van der Waals surface area contributed by atoms with Crippen LogP contribution in [0.2, 0.25) is 0 Å². The van der Waals surface area contributed by atoms with E-state index in [1.165, 1.54) is 18.3 Å². The molecular weight excluding hydrogens is 329 g/mol. The van der Waals surface area contributed by atoms with E-state index in [2.05, 4.69) is 15.0 Å². The lowest BCUT2D eigenvalue weighted by atomic mass is 9.81. The molecule has 1 aliphatic carbocycles. The van der Waals surface area contributed by atoms with Crippen molar-refractivity contribution in [1.82, 2.24) is 4.98 Å². The summed E-state index contributed by atoms with van der Waals surface area (Å²) in [6, 6.07) is 2.64. The lowest BCUT2D eigenvalue weighted by Gasteiger charge is -2.25. The number of anilines is 1. The second-order valence-electron chi connectivity index (χ2n) is 5.67. The minimum atomic E-state index is -4.44. The number of carbonyl (C=O) groups is 2. The standard InChI is InChI=1S/C15H17F3N2O4/c16-15(17,18)8-24-12-6-5-11(7-19-12)20-13(21)9-1-3-10(4-2-9)14(22)23/h5-7,9-10H,1-4,8H2,(H,20,21)(H,22,23). The molecule has 0 bridgehead atoms. The number of aromatic nitrogens is 1. The highest BCUT2D eigenvalue weighted by Gasteiger charge is 2.30. The molecule has 24 heavy (non-hydrogen) atoms. The molecule has 0 atom stereocenters. The van der Waals surface area contributed by atoms with Crippen LogP contribution in [-0.4, -0.2) is 34.8 Å². The topological polar surface area (TPSA) is 88.5 Å². The maximum absolute atomic E-state index is 12.1. The fourth-order valence-electron chi connectivity index (χ4n) is 2.54. The third-order valence-corrected chi connectivity index (χ3v) is 3.83.